The zero-order chi connectivity index (χ0) is 30.3. The van der Waals surface area contributed by atoms with Crippen molar-refractivity contribution in [1.29, 1.82) is 0 Å². The van der Waals surface area contributed by atoms with E-state index in [0.29, 0.717) is 55.9 Å². The Morgan fingerprint density at radius 1 is 1.17 bits per heavy atom. The van der Waals surface area contributed by atoms with Crippen molar-refractivity contribution in [3.63, 3.8) is 0 Å². The summed E-state index contributed by atoms with van der Waals surface area (Å²) in [6, 6.07) is 16.2. The smallest absolute Gasteiger partial charge is 0.302 e. The normalized spacial score (nSPS) is 19.5. The summed E-state index contributed by atoms with van der Waals surface area (Å²) in [6.07, 6.45) is 5.67. The molecule has 2 aromatic carbocycles. The molecule has 1 aliphatic heterocycles. The largest absolute Gasteiger partial charge is 0.504 e. The number of aryl methyl sites for hydroxylation is 1. The van der Waals surface area contributed by atoms with Gasteiger partial charge in [-0.1, -0.05) is 49.7 Å². The van der Waals surface area contributed by atoms with E-state index in [1.165, 1.54) is 12.5 Å². The summed E-state index contributed by atoms with van der Waals surface area (Å²) in [5.41, 5.74) is 8.01. The fourth-order valence-electron chi connectivity index (χ4n) is 5.53. The van der Waals surface area contributed by atoms with Crippen molar-refractivity contribution in [3.8, 4) is 11.5 Å². The molecule has 0 amide bonds. The number of hydrogen-bond acceptors (Lipinski definition) is 7. The summed E-state index contributed by atoms with van der Waals surface area (Å²) in [6.45, 7) is 5.08. The molecule has 1 heterocycles. The lowest BCUT2D eigenvalue weighted by atomic mass is 9.95. The van der Waals surface area contributed by atoms with Crippen molar-refractivity contribution < 1.29 is 24.5 Å². The molecule has 1 saturated heterocycles. The number of aliphatic imine (C=N–C) groups is 1. The lowest BCUT2D eigenvalue weighted by Crippen LogP contribution is -2.43. The van der Waals surface area contributed by atoms with E-state index in [1.54, 1.807) is 13.1 Å². The van der Waals surface area contributed by atoms with E-state index < -0.39 is 12.2 Å². The lowest BCUT2D eigenvalue weighted by Gasteiger charge is -2.31. The Hall–Kier alpha value is -3.30. The predicted octanol–water partition coefficient (Wildman–Crippen LogP) is 4.09. The second-order valence-corrected chi connectivity index (χ2v) is 11.4. The zero-order valence-corrected chi connectivity index (χ0v) is 25.4. The average Bonchev–Trinajstić information content (AvgIpc) is 2.97. The minimum Gasteiger partial charge on any atom is -0.504 e. The molecule has 232 valence electrons. The van der Waals surface area contributed by atoms with E-state index in [2.05, 4.69) is 46.8 Å². The number of nitrogens with zero attached hydrogens (tertiary/aromatic N) is 1. The molecule has 9 heteroatoms. The molecule has 42 heavy (non-hydrogen) atoms. The molecule has 0 radical (unpaired) electrons. The zero-order valence-electron chi connectivity index (χ0n) is 25.4. The Kier molecular flexibility index (Phi) is 13.9. The molecule has 1 fully saturated rings. The Morgan fingerprint density at radius 2 is 1.95 bits per heavy atom. The summed E-state index contributed by atoms with van der Waals surface area (Å²) < 4.78 is 11.9. The fourth-order valence-corrected chi connectivity index (χ4v) is 5.53. The number of aliphatic hydroxyl groups excluding tert-OH is 1. The van der Waals surface area contributed by atoms with Crippen molar-refractivity contribution in [2.75, 3.05) is 20.1 Å². The van der Waals surface area contributed by atoms with Crippen LogP contribution >= 0.6 is 0 Å². The van der Waals surface area contributed by atoms with Crippen LogP contribution in [0.25, 0.3) is 0 Å². The number of esters is 1. The summed E-state index contributed by atoms with van der Waals surface area (Å²) >= 11 is 0. The number of aliphatic hydroxyl groups is 1. The predicted molar refractivity (Wildman–Crippen MR) is 167 cm³/mol. The second kappa shape index (κ2) is 17.6. The van der Waals surface area contributed by atoms with Crippen molar-refractivity contribution >= 4 is 11.9 Å². The standard InChI is InChI=1S/C33H50N4O5/c1-4-24(22-37-33(34)35-3)10-13-28(39)21-29(41-23(2)38)14-11-26-12-15-31(40)32(19-26)42-30-16-17-36-27(20-30)18-25-8-6-5-7-9-25/h5-9,12,15,19,24,27-30,36,39-40H,4,10-11,13-14,16-18,20-22H2,1-3H3,(H3,34,35,37)/t24-,27-,28+,29-,30-/m1/s1. The number of carbonyl (C=O) groups excluding carboxylic acids is 1. The van der Waals surface area contributed by atoms with Crippen molar-refractivity contribution in [1.82, 2.24) is 10.6 Å². The van der Waals surface area contributed by atoms with E-state index >= 15 is 0 Å². The van der Waals surface area contributed by atoms with Crippen LogP contribution in [0.3, 0.4) is 0 Å². The van der Waals surface area contributed by atoms with Gasteiger partial charge in [0, 0.05) is 33.0 Å². The molecule has 0 spiro atoms. The van der Waals surface area contributed by atoms with Gasteiger partial charge in [0.1, 0.15) is 12.2 Å². The Bertz CT molecular complexity index is 1110. The van der Waals surface area contributed by atoms with Gasteiger partial charge in [0.2, 0.25) is 0 Å². The molecule has 0 aromatic heterocycles. The van der Waals surface area contributed by atoms with Crippen LogP contribution in [-0.2, 0) is 22.4 Å². The number of nitrogens with one attached hydrogen (secondary N) is 2. The third-order valence-electron chi connectivity index (χ3n) is 8.01. The van der Waals surface area contributed by atoms with Crippen molar-refractivity contribution in [3.05, 3.63) is 59.7 Å². The van der Waals surface area contributed by atoms with Crippen LogP contribution < -0.4 is 21.1 Å². The third kappa shape index (κ3) is 11.9. The Morgan fingerprint density at radius 3 is 2.67 bits per heavy atom. The maximum atomic E-state index is 11.8. The first kappa shape index (κ1) is 33.2. The molecule has 6 N–H and O–H groups in total. The van der Waals surface area contributed by atoms with Crippen LogP contribution in [0.5, 0.6) is 11.5 Å². The number of benzene rings is 2. The molecule has 0 unspecified atom stereocenters. The molecule has 9 nitrogen and oxygen atoms in total. The van der Waals surface area contributed by atoms with E-state index in [0.717, 1.165) is 44.2 Å². The van der Waals surface area contributed by atoms with Gasteiger partial charge in [-0.15, -0.1) is 0 Å². The number of guanidine groups is 1. The number of phenols is 1. The van der Waals surface area contributed by atoms with Gasteiger partial charge in [-0.3, -0.25) is 9.79 Å². The summed E-state index contributed by atoms with van der Waals surface area (Å²) in [5.74, 6) is 1.01. The average molecular weight is 583 g/mol. The van der Waals surface area contributed by atoms with Crippen LogP contribution in [0.4, 0.5) is 0 Å². The number of rotatable bonds is 16. The topological polar surface area (TPSA) is 138 Å². The second-order valence-electron chi connectivity index (χ2n) is 11.4. The van der Waals surface area contributed by atoms with Gasteiger partial charge >= 0.3 is 5.97 Å². The van der Waals surface area contributed by atoms with Crippen LogP contribution in [0.2, 0.25) is 0 Å². The molecule has 0 aliphatic carbocycles. The van der Waals surface area contributed by atoms with Crippen LogP contribution in [0.15, 0.2) is 53.5 Å². The fraction of sp³-hybridized carbons (Fsp3) is 0.576. The van der Waals surface area contributed by atoms with Gasteiger partial charge in [0.15, 0.2) is 17.5 Å². The van der Waals surface area contributed by atoms with E-state index in [4.69, 9.17) is 15.2 Å². The lowest BCUT2D eigenvalue weighted by molar-refractivity contribution is -0.148. The molecule has 1 aliphatic rings. The van der Waals surface area contributed by atoms with E-state index in [-0.39, 0.29) is 17.8 Å². The quantitative estimate of drug-likeness (QED) is 0.113. The monoisotopic (exact) mass is 582 g/mol. The van der Waals surface area contributed by atoms with Crippen molar-refractivity contribution in [2.45, 2.75) is 96.0 Å². The number of piperidine rings is 1. The van der Waals surface area contributed by atoms with Gasteiger partial charge in [0.25, 0.3) is 0 Å². The Labute approximate surface area is 250 Å². The van der Waals surface area contributed by atoms with E-state index in [9.17, 15) is 15.0 Å². The highest BCUT2D eigenvalue weighted by atomic mass is 16.5. The molecule has 0 saturated carbocycles. The number of carbonyl (C=O) groups is 1. The first-order chi connectivity index (χ1) is 20.2. The minimum absolute atomic E-state index is 0.0119. The van der Waals surface area contributed by atoms with Crippen LogP contribution in [-0.4, -0.2) is 66.6 Å². The maximum absolute atomic E-state index is 11.8. The highest BCUT2D eigenvalue weighted by molar-refractivity contribution is 5.77. The molecule has 3 rings (SSSR count). The van der Waals surface area contributed by atoms with Gasteiger partial charge in [0.05, 0.1) is 6.10 Å². The van der Waals surface area contributed by atoms with Crippen molar-refractivity contribution in [2.24, 2.45) is 16.6 Å². The molecular weight excluding hydrogens is 532 g/mol. The molecule has 0 bridgehead atoms. The maximum Gasteiger partial charge on any atom is 0.302 e. The molecule has 5 atom stereocenters. The van der Waals surface area contributed by atoms with Gasteiger partial charge in [-0.05, 0) is 80.7 Å². The van der Waals surface area contributed by atoms with Gasteiger partial charge in [-0.25, -0.2) is 0 Å². The molecular formula is C33H50N4O5. The first-order valence-corrected chi connectivity index (χ1v) is 15.3. The number of phenolic OH excluding ortho intramolecular Hbond substituents is 1. The van der Waals surface area contributed by atoms with E-state index in [1.807, 2.05) is 18.2 Å². The summed E-state index contributed by atoms with van der Waals surface area (Å²) in [4.78, 5) is 15.7. The number of nitrogens with two attached hydrogens (primary N) is 1. The SMILES string of the molecule is CC[C@H](CC[C@H](O)C[C@@H](CCc1ccc(O)c(O[C@@H]2CCN[C@H](Cc3ccccc3)C2)c1)OC(C)=O)CNC(N)=NC. The number of ether oxygens (including phenoxy) is 2. The Balaban J connectivity index is 1.52. The third-order valence-corrected chi connectivity index (χ3v) is 8.01. The molecule has 2 aromatic rings. The highest BCUT2D eigenvalue weighted by Gasteiger charge is 2.24. The van der Waals surface area contributed by atoms with Crippen LogP contribution in [0, 0.1) is 5.92 Å². The van der Waals surface area contributed by atoms with Crippen LogP contribution in [0.1, 0.15) is 69.9 Å². The number of aromatic hydroxyl groups is 1. The summed E-state index contributed by atoms with van der Waals surface area (Å²) in [7, 11) is 1.64. The summed E-state index contributed by atoms with van der Waals surface area (Å²) in [5, 5.41) is 28.0. The minimum atomic E-state index is -0.581. The van der Waals surface area contributed by atoms with Gasteiger partial charge < -0.3 is 36.1 Å². The highest BCUT2D eigenvalue weighted by Crippen LogP contribution is 2.31. The first-order valence-electron chi connectivity index (χ1n) is 15.3. The number of hydrogen-bond donors (Lipinski definition) is 5. The van der Waals surface area contributed by atoms with Gasteiger partial charge in [-0.2, -0.15) is 0 Å².